The molecule has 2 heteroatoms. The highest BCUT2D eigenvalue weighted by molar-refractivity contribution is 14.0. The molecule has 0 aromatic heterocycles. The molecule has 0 aliphatic rings. The molecule has 0 aliphatic heterocycles. The third kappa shape index (κ3) is 12.4. The summed E-state index contributed by atoms with van der Waals surface area (Å²) in [6.45, 7) is 6.96. The molecule has 0 nitrogen and oxygen atoms in total. The lowest BCUT2D eigenvalue weighted by Gasteiger charge is -2.01. The molecule has 0 heterocycles. The van der Waals surface area contributed by atoms with Gasteiger partial charge in [0, 0.05) is 0 Å². The van der Waals surface area contributed by atoms with E-state index in [9.17, 15) is 0 Å². The van der Waals surface area contributed by atoms with Gasteiger partial charge in [0.05, 0.1) is 0 Å². The van der Waals surface area contributed by atoms with Gasteiger partial charge in [-0.15, -0.1) is 31.9 Å². The molecule has 9 heavy (non-hydrogen) atoms. The lowest BCUT2D eigenvalue weighted by atomic mass is 10.3. The van der Waals surface area contributed by atoms with E-state index in [1.165, 1.54) is 25.4 Å². The van der Waals surface area contributed by atoms with Crippen LogP contribution in [0.1, 0.15) is 26.2 Å². The Bertz CT molecular complexity index is 46.2. The first kappa shape index (κ1) is 12.8. The molecular weight excluding hydrogens is 242 g/mol. The van der Waals surface area contributed by atoms with Crippen molar-refractivity contribution in [3.63, 3.8) is 0 Å². The van der Waals surface area contributed by atoms with Gasteiger partial charge in [0.1, 0.15) is 0 Å². The van der Waals surface area contributed by atoms with Crippen molar-refractivity contribution in [3.05, 3.63) is 0 Å². The molecule has 0 atom stereocenters. The quantitative estimate of drug-likeness (QED) is 0.412. The maximum atomic E-state index is 2.35. The molecule has 0 spiro atoms. The summed E-state index contributed by atoms with van der Waals surface area (Å²) in [6, 6.07) is 0. The van der Waals surface area contributed by atoms with Crippen LogP contribution in [0.3, 0.4) is 0 Å². The van der Waals surface area contributed by atoms with Gasteiger partial charge >= 0.3 is 0 Å². The minimum atomic E-state index is 0. The molecule has 0 saturated carbocycles. The van der Waals surface area contributed by atoms with Gasteiger partial charge in [-0.3, -0.25) is 0 Å². The summed E-state index contributed by atoms with van der Waals surface area (Å²) in [6.07, 6.45) is 5.72. The summed E-state index contributed by atoms with van der Waals surface area (Å²) < 4.78 is 0. The number of unbranched alkanes of at least 4 members (excludes halogenated alkanes) is 2. The first-order valence-corrected chi connectivity index (χ1v) is 5.84. The zero-order valence-corrected chi connectivity index (χ0v) is 9.91. The van der Waals surface area contributed by atoms with E-state index < -0.39 is 0 Å². The molecule has 58 valence electrons. The fraction of sp³-hybridized carbons (Fsp3) is 1.00. The molecule has 0 aromatic rings. The van der Waals surface area contributed by atoms with Gasteiger partial charge < -0.3 is 0 Å². The second-order valence-corrected chi connectivity index (χ2v) is 5.12. The largest absolute Gasteiger partial charge is 0.113 e. The third-order valence-corrected chi connectivity index (χ3v) is 2.42. The van der Waals surface area contributed by atoms with E-state index >= 15 is 0 Å². The molecule has 0 N–H and O–H groups in total. The molecule has 0 amide bonds. The van der Waals surface area contributed by atoms with E-state index in [2.05, 4.69) is 20.3 Å². The van der Waals surface area contributed by atoms with Crippen molar-refractivity contribution < 1.29 is 0 Å². The molecule has 0 aliphatic carbocycles. The number of hydrogen-bond donors (Lipinski definition) is 0. The molecule has 0 rings (SSSR count). The van der Waals surface area contributed by atoms with E-state index in [4.69, 9.17) is 0 Å². The van der Waals surface area contributed by atoms with E-state index in [1.54, 1.807) is 0 Å². The molecule has 0 bridgehead atoms. The Morgan fingerprint density at radius 1 is 1.11 bits per heavy atom. The van der Waals surface area contributed by atoms with Crippen LogP contribution in [-0.2, 0) is 0 Å². The third-order valence-electron chi connectivity index (χ3n) is 1.21. The lowest BCUT2D eigenvalue weighted by molar-refractivity contribution is 0.776. The second kappa shape index (κ2) is 9.16. The van der Waals surface area contributed by atoms with Crippen LogP contribution in [0.15, 0.2) is 0 Å². The SMILES string of the molecule is CCCCCP(C)C.I. The van der Waals surface area contributed by atoms with Crippen molar-refractivity contribution in [2.45, 2.75) is 26.2 Å². The second-order valence-electron chi connectivity index (χ2n) is 2.51. The average molecular weight is 260 g/mol. The zero-order valence-electron chi connectivity index (χ0n) is 6.68. The minimum absolute atomic E-state index is 0. The van der Waals surface area contributed by atoms with Gasteiger partial charge in [0.15, 0.2) is 0 Å². The normalized spacial score (nSPS) is 9.33. The Labute approximate surface area is 77.6 Å². The molecule has 0 aromatic carbocycles. The first-order chi connectivity index (χ1) is 3.77. The summed E-state index contributed by atoms with van der Waals surface area (Å²) in [5.41, 5.74) is 0. The predicted octanol–water partition coefficient (Wildman–Crippen LogP) is 3.54. The van der Waals surface area contributed by atoms with Crippen LogP contribution in [0, 0.1) is 0 Å². The average Bonchev–Trinajstić information content (AvgIpc) is 1.66. The molecule has 0 fully saturated rings. The van der Waals surface area contributed by atoms with E-state index in [1.807, 2.05) is 0 Å². The van der Waals surface area contributed by atoms with Crippen LogP contribution in [0.4, 0.5) is 0 Å². The van der Waals surface area contributed by atoms with Gasteiger partial charge in [0.2, 0.25) is 0 Å². The smallest absolute Gasteiger partial charge is 0.0331 e. The van der Waals surface area contributed by atoms with Crippen molar-refractivity contribution in [2.75, 3.05) is 19.5 Å². The maximum Gasteiger partial charge on any atom is -0.0331 e. The number of halogens is 1. The summed E-state index contributed by atoms with van der Waals surface area (Å²) in [7, 11) is 0.388. The van der Waals surface area contributed by atoms with E-state index in [-0.39, 0.29) is 24.0 Å². The number of rotatable bonds is 4. The van der Waals surface area contributed by atoms with Crippen LogP contribution >= 0.6 is 31.9 Å². The van der Waals surface area contributed by atoms with Crippen LogP contribution in [0.2, 0.25) is 0 Å². The van der Waals surface area contributed by atoms with Crippen LogP contribution in [-0.4, -0.2) is 19.5 Å². The van der Waals surface area contributed by atoms with Crippen molar-refractivity contribution in [3.8, 4) is 0 Å². The van der Waals surface area contributed by atoms with Gasteiger partial charge in [0.25, 0.3) is 0 Å². The van der Waals surface area contributed by atoms with Gasteiger partial charge in [-0.05, 0) is 25.9 Å². The monoisotopic (exact) mass is 260 g/mol. The Morgan fingerprint density at radius 2 is 1.67 bits per heavy atom. The minimum Gasteiger partial charge on any atom is -0.113 e. The topological polar surface area (TPSA) is 0 Å². The molecule has 0 saturated heterocycles. The fourth-order valence-electron chi connectivity index (χ4n) is 0.678. The molecule has 0 unspecified atom stereocenters. The zero-order chi connectivity index (χ0) is 6.41. The highest BCUT2D eigenvalue weighted by Crippen LogP contribution is 2.25. The molecular formula is C7H18IP. The maximum absolute atomic E-state index is 2.35. The summed E-state index contributed by atoms with van der Waals surface area (Å²) in [4.78, 5) is 0. The van der Waals surface area contributed by atoms with Crippen molar-refractivity contribution in [2.24, 2.45) is 0 Å². The van der Waals surface area contributed by atoms with E-state index in [0.29, 0.717) is 7.92 Å². The van der Waals surface area contributed by atoms with Crippen LogP contribution in [0.5, 0.6) is 0 Å². The summed E-state index contributed by atoms with van der Waals surface area (Å²) >= 11 is 0. The van der Waals surface area contributed by atoms with Crippen molar-refractivity contribution in [1.82, 2.24) is 0 Å². The van der Waals surface area contributed by atoms with Gasteiger partial charge in [-0.25, -0.2) is 0 Å². The predicted molar refractivity (Wildman–Crippen MR) is 58.6 cm³/mol. The van der Waals surface area contributed by atoms with Crippen molar-refractivity contribution >= 4 is 31.9 Å². The van der Waals surface area contributed by atoms with Gasteiger partial charge in [-0.2, -0.15) is 0 Å². The van der Waals surface area contributed by atoms with Gasteiger partial charge in [-0.1, -0.05) is 19.8 Å². The Morgan fingerprint density at radius 3 is 2.00 bits per heavy atom. The Balaban J connectivity index is 0. The van der Waals surface area contributed by atoms with Crippen LogP contribution in [0.25, 0.3) is 0 Å². The molecule has 0 radical (unpaired) electrons. The summed E-state index contributed by atoms with van der Waals surface area (Å²) in [5.74, 6) is 0. The number of hydrogen-bond acceptors (Lipinski definition) is 0. The fourth-order valence-corrected chi connectivity index (χ4v) is 1.53. The highest BCUT2D eigenvalue weighted by Gasteiger charge is 1.89. The van der Waals surface area contributed by atoms with E-state index in [0.717, 1.165) is 0 Å². The Kier molecular flexibility index (Phi) is 13.0. The standard InChI is InChI=1S/C7H17P.HI/c1-4-5-6-7-8(2)3;/h4-7H2,1-3H3;1H. The summed E-state index contributed by atoms with van der Waals surface area (Å²) in [5, 5.41) is 0. The first-order valence-electron chi connectivity index (χ1n) is 3.42. The Hall–Kier alpha value is 1.16. The lowest BCUT2D eigenvalue weighted by Crippen LogP contribution is -1.80. The highest BCUT2D eigenvalue weighted by atomic mass is 127. The van der Waals surface area contributed by atoms with Crippen molar-refractivity contribution in [1.29, 1.82) is 0 Å². The van der Waals surface area contributed by atoms with Crippen LogP contribution < -0.4 is 0 Å².